The second kappa shape index (κ2) is 10.1. The van der Waals surface area contributed by atoms with E-state index in [1.54, 1.807) is 21.9 Å². The highest BCUT2D eigenvalue weighted by atomic mass is 16.3. The van der Waals surface area contributed by atoms with Crippen molar-refractivity contribution in [1.29, 1.82) is 0 Å². The molecule has 2 aliphatic heterocycles. The number of carbonyl (C=O) groups is 3. The summed E-state index contributed by atoms with van der Waals surface area (Å²) in [5.74, 6) is -0.957. The van der Waals surface area contributed by atoms with Gasteiger partial charge in [0.1, 0.15) is 11.6 Å². The molecule has 0 saturated carbocycles. The van der Waals surface area contributed by atoms with E-state index >= 15 is 0 Å². The number of hydrogen-bond acceptors (Lipinski definition) is 6. The van der Waals surface area contributed by atoms with Gasteiger partial charge in [-0.3, -0.25) is 14.4 Å². The fourth-order valence-corrected chi connectivity index (χ4v) is 5.41. The molecule has 1 fully saturated rings. The van der Waals surface area contributed by atoms with Crippen LogP contribution in [0.1, 0.15) is 34.0 Å². The first-order valence-electron chi connectivity index (χ1n) is 12.7. The van der Waals surface area contributed by atoms with Gasteiger partial charge in [-0.05, 0) is 41.3 Å². The van der Waals surface area contributed by atoms with Crippen LogP contribution < -0.4 is 5.73 Å². The molecular weight excluding hydrogens is 480 g/mol. The summed E-state index contributed by atoms with van der Waals surface area (Å²) in [6, 6.07) is 23.4. The Hall–Kier alpha value is -4.46. The molecule has 0 spiro atoms. The highest BCUT2D eigenvalue weighted by molar-refractivity contribution is 6.15. The van der Waals surface area contributed by atoms with Gasteiger partial charge in [-0.15, -0.1) is 0 Å². The van der Waals surface area contributed by atoms with Crippen LogP contribution in [-0.2, 0) is 21.5 Å². The van der Waals surface area contributed by atoms with Crippen LogP contribution in [0, 0.1) is 5.92 Å². The van der Waals surface area contributed by atoms with Gasteiger partial charge in [-0.1, -0.05) is 60.7 Å². The molecule has 3 aromatic rings. The van der Waals surface area contributed by atoms with Crippen molar-refractivity contribution in [3.05, 3.63) is 101 Å². The van der Waals surface area contributed by atoms with Gasteiger partial charge in [0, 0.05) is 38.7 Å². The van der Waals surface area contributed by atoms with Crippen LogP contribution in [0.5, 0.6) is 5.75 Å². The number of hydrogen-bond donors (Lipinski definition) is 2. The minimum Gasteiger partial charge on any atom is -0.508 e. The molecule has 5 rings (SSSR count). The summed E-state index contributed by atoms with van der Waals surface area (Å²) < 4.78 is 0. The lowest BCUT2D eigenvalue weighted by atomic mass is 9.76. The first-order chi connectivity index (χ1) is 18.3. The summed E-state index contributed by atoms with van der Waals surface area (Å²) in [4.78, 5) is 47.1. The molecule has 2 heterocycles. The van der Waals surface area contributed by atoms with Crippen LogP contribution in [0.25, 0.3) is 0 Å². The Labute approximate surface area is 221 Å². The fourth-order valence-electron chi connectivity index (χ4n) is 5.41. The average molecular weight is 511 g/mol. The Kier molecular flexibility index (Phi) is 6.72. The summed E-state index contributed by atoms with van der Waals surface area (Å²) in [6.45, 7) is 3.29. The highest BCUT2D eigenvalue weighted by Crippen LogP contribution is 2.42. The van der Waals surface area contributed by atoms with E-state index in [0.29, 0.717) is 37.3 Å². The molecule has 3 N–H and O–H groups in total. The van der Waals surface area contributed by atoms with Crippen molar-refractivity contribution >= 4 is 23.4 Å². The Bertz CT molecular complexity index is 1360. The number of phenols is 1. The van der Waals surface area contributed by atoms with E-state index in [4.69, 9.17) is 10.7 Å². The third-order valence-electron chi connectivity index (χ3n) is 7.39. The largest absolute Gasteiger partial charge is 0.508 e. The molecule has 0 aliphatic carbocycles. The first-order valence-corrected chi connectivity index (χ1v) is 12.7. The molecule has 38 heavy (non-hydrogen) atoms. The van der Waals surface area contributed by atoms with Crippen LogP contribution in [0.4, 0.5) is 0 Å². The number of rotatable bonds is 5. The van der Waals surface area contributed by atoms with Gasteiger partial charge in [0.25, 0.3) is 5.91 Å². The van der Waals surface area contributed by atoms with E-state index in [1.165, 1.54) is 13.0 Å². The molecule has 0 radical (unpaired) electrons. The number of carbonyl (C=O) groups excluding carboxylic acids is 3. The molecule has 1 atom stereocenters. The SMILES string of the molecule is CC(=O)N1CCN(C(=O)c2cc(O)cc(CC3C(=O)C(c4ccccc4)(c4ccccc4)N=C3N)c2)CC1. The number of amides is 2. The van der Waals surface area contributed by atoms with Gasteiger partial charge in [0.15, 0.2) is 11.3 Å². The number of nitrogens with zero attached hydrogens (tertiary/aromatic N) is 3. The highest BCUT2D eigenvalue weighted by Gasteiger charge is 2.51. The number of phenolic OH excluding ortho intramolecular Hbond substituents is 1. The van der Waals surface area contributed by atoms with Crippen LogP contribution >= 0.6 is 0 Å². The summed E-state index contributed by atoms with van der Waals surface area (Å²) in [7, 11) is 0. The Morgan fingerprint density at radius 1 is 0.921 bits per heavy atom. The molecule has 3 aromatic carbocycles. The van der Waals surface area contributed by atoms with E-state index in [-0.39, 0.29) is 35.6 Å². The molecule has 1 saturated heterocycles. The van der Waals surface area contributed by atoms with E-state index in [9.17, 15) is 19.5 Å². The van der Waals surface area contributed by atoms with Gasteiger partial charge in [0.05, 0.1) is 5.92 Å². The van der Waals surface area contributed by atoms with Crippen LogP contribution in [0.15, 0.2) is 83.9 Å². The second-order valence-corrected chi connectivity index (χ2v) is 9.79. The van der Waals surface area contributed by atoms with Gasteiger partial charge in [-0.25, -0.2) is 4.99 Å². The monoisotopic (exact) mass is 510 g/mol. The fraction of sp³-hybridized carbons (Fsp3) is 0.267. The minimum atomic E-state index is -1.26. The normalized spacial score (nSPS) is 18.8. The van der Waals surface area contributed by atoms with Crippen molar-refractivity contribution in [3.8, 4) is 5.75 Å². The molecule has 194 valence electrons. The van der Waals surface area contributed by atoms with Crippen molar-refractivity contribution in [2.24, 2.45) is 16.6 Å². The Morgan fingerprint density at radius 3 is 2.03 bits per heavy atom. The van der Waals surface area contributed by atoms with E-state index in [0.717, 1.165) is 11.1 Å². The van der Waals surface area contributed by atoms with Crippen molar-refractivity contribution in [2.45, 2.75) is 18.9 Å². The summed E-state index contributed by atoms with van der Waals surface area (Å²) in [5.41, 5.74) is 7.57. The molecule has 0 bridgehead atoms. The Balaban J connectivity index is 1.42. The third-order valence-corrected chi connectivity index (χ3v) is 7.39. The first kappa shape index (κ1) is 25.2. The maximum Gasteiger partial charge on any atom is 0.254 e. The van der Waals surface area contributed by atoms with Gasteiger partial charge in [0.2, 0.25) is 5.91 Å². The predicted molar refractivity (Wildman–Crippen MR) is 144 cm³/mol. The zero-order valence-electron chi connectivity index (χ0n) is 21.2. The number of Topliss-reactive ketones (excluding diaryl/α,β-unsaturated/α-hetero) is 1. The molecule has 1 unspecified atom stereocenters. The quantitative estimate of drug-likeness (QED) is 0.548. The van der Waals surface area contributed by atoms with Crippen molar-refractivity contribution in [1.82, 2.24) is 9.80 Å². The standard InChI is InChI=1S/C30H30N4O4/c1-20(35)33-12-14-34(15-13-33)29(38)22-16-21(17-25(36)19-22)18-26-27(37)30(32-28(26)31,23-8-4-2-5-9-23)24-10-6-3-7-11-24/h2-11,16-17,19,26,36H,12-15,18H2,1H3,(H2,31,32). The zero-order chi connectivity index (χ0) is 26.9. The van der Waals surface area contributed by atoms with Crippen molar-refractivity contribution in [2.75, 3.05) is 26.2 Å². The lowest BCUT2D eigenvalue weighted by molar-refractivity contribution is -0.130. The molecule has 2 amide bonds. The number of piperazine rings is 1. The van der Waals surface area contributed by atoms with Gasteiger partial charge in [-0.2, -0.15) is 0 Å². The molecule has 8 nitrogen and oxygen atoms in total. The van der Waals surface area contributed by atoms with Crippen molar-refractivity contribution < 1.29 is 19.5 Å². The average Bonchev–Trinajstić information content (AvgIpc) is 3.19. The van der Waals surface area contributed by atoms with Crippen LogP contribution in [0.3, 0.4) is 0 Å². The maximum atomic E-state index is 14.1. The number of benzene rings is 3. The number of ketones is 1. The van der Waals surface area contributed by atoms with E-state index < -0.39 is 11.5 Å². The predicted octanol–water partition coefficient (Wildman–Crippen LogP) is 2.74. The van der Waals surface area contributed by atoms with E-state index in [2.05, 4.69) is 0 Å². The zero-order valence-corrected chi connectivity index (χ0v) is 21.2. The molecule has 0 aromatic heterocycles. The number of aliphatic imine (C=N–C) groups is 1. The number of nitrogens with two attached hydrogens (primary N) is 1. The summed E-state index contributed by atoms with van der Waals surface area (Å²) in [5, 5.41) is 10.5. The third kappa shape index (κ3) is 4.53. The van der Waals surface area contributed by atoms with Crippen LogP contribution in [-0.4, -0.2) is 64.5 Å². The van der Waals surface area contributed by atoms with Crippen LogP contribution in [0.2, 0.25) is 0 Å². The summed E-state index contributed by atoms with van der Waals surface area (Å²) >= 11 is 0. The molecule has 8 heteroatoms. The van der Waals surface area contributed by atoms with Crippen molar-refractivity contribution in [3.63, 3.8) is 0 Å². The molecule has 2 aliphatic rings. The van der Waals surface area contributed by atoms with E-state index in [1.807, 2.05) is 60.7 Å². The second-order valence-electron chi connectivity index (χ2n) is 9.79. The lowest BCUT2D eigenvalue weighted by Crippen LogP contribution is -2.50. The van der Waals surface area contributed by atoms with Gasteiger partial charge < -0.3 is 20.6 Å². The molecular formula is C30H30N4O4. The Morgan fingerprint density at radius 2 is 1.47 bits per heavy atom. The smallest absolute Gasteiger partial charge is 0.254 e. The van der Waals surface area contributed by atoms with Gasteiger partial charge >= 0.3 is 0 Å². The number of aromatic hydroxyl groups is 1. The maximum absolute atomic E-state index is 14.1. The lowest BCUT2D eigenvalue weighted by Gasteiger charge is -2.34. The summed E-state index contributed by atoms with van der Waals surface area (Å²) in [6.07, 6.45) is 0.197. The topological polar surface area (TPSA) is 116 Å². The minimum absolute atomic E-state index is 0.0145. The number of amidine groups is 1.